The SMILES string of the molecule is CO[C@@H]1[C@H](OC(=O)NCc2ccc(N3C(=O)CCCC3=O)cc2)CC[C@]2(CO2)[C@H]1[C@@]1(C)O[C@@H]1CC=C(C)C. The first kappa shape index (κ1) is 26.8. The molecule has 6 atom stereocenters. The first-order valence-corrected chi connectivity index (χ1v) is 13.5. The molecule has 4 fully saturated rings. The van der Waals surface area contributed by atoms with E-state index >= 15 is 0 Å². The Labute approximate surface area is 223 Å². The highest BCUT2D eigenvalue weighted by Gasteiger charge is 2.72. The molecule has 0 aromatic heterocycles. The average Bonchev–Trinajstić information content (AvgIpc) is 3.80. The van der Waals surface area contributed by atoms with Gasteiger partial charge in [0.1, 0.15) is 23.4 Å². The van der Waals surface area contributed by atoms with E-state index < -0.39 is 12.2 Å². The lowest BCUT2D eigenvalue weighted by Gasteiger charge is -2.42. The molecule has 0 bridgehead atoms. The van der Waals surface area contributed by atoms with Gasteiger partial charge in [-0.3, -0.25) is 14.5 Å². The van der Waals surface area contributed by atoms with E-state index in [1.807, 2.05) is 0 Å². The van der Waals surface area contributed by atoms with Gasteiger partial charge in [0, 0.05) is 26.5 Å². The molecule has 0 unspecified atom stereocenters. The van der Waals surface area contributed by atoms with Crippen molar-refractivity contribution in [3.63, 3.8) is 0 Å². The summed E-state index contributed by atoms with van der Waals surface area (Å²) in [6.45, 7) is 7.21. The highest BCUT2D eigenvalue weighted by atomic mass is 16.6. The second-order valence-corrected chi connectivity index (χ2v) is 11.3. The van der Waals surface area contributed by atoms with Crippen LogP contribution < -0.4 is 10.2 Å². The number of imide groups is 1. The second kappa shape index (κ2) is 10.4. The minimum absolute atomic E-state index is 0.0325. The van der Waals surface area contributed by atoms with E-state index in [1.54, 1.807) is 31.4 Å². The van der Waals surface area contributed by atoms with Crippen molar-refractivity contribution < 1.29 is 33.3 Å². The van der Waals surface area contributed by atoms with Crippen LogP contribution in [0.5, 0.6) is 0 Å². The molecule has 5 rings (SSSR count). The topological polar surface area (TPSA) is 110 Å². The van der Waals surface area contributed by atoms with Crippen molar-refractivity contribution in [2.45, 2.75) is 95.4 Å². The zero-order valence-corrected chi connectivity index (χ0v) is 22.7. The number of benzene rings is 1. The van der Waals surface area contributed by atoms with Crippen LogP contribution in [0, 0.1) is 5.92 Å². The van der Waals surface area contributed by atoms with Gasteiger partial charge in [0.05, 0.1) is 24.3 Å². The number of allylic oxidation sites excluding steroid dienone is 1. The molecule has 9 heteroatoms. The van der Waals surface area contributed by atoms with Gasteiger partial charge in [0.25, 0.3) is 0 Å². The molecule has 3 amide bonds. The number of amides is 3. The first-order valence-electron chi connectivity index (χ1n) is 13.5. The third-order valence-corrected chi connectivity index (χ3v) is 8.41. The Bertz CT molecular complexity index is 1090. The van der Waals surface area contributed by atoms with Gasteiger partial charge in [-0.25, -0.2) is 4.79 Å². The highest BCUT2D eigenvalue weighted by Crippen LogP contribution is 2.59. The van der Waals surface area contributed by atoms with Crippen molar-refractivity contribution in [3.05, 3.63) is 41.5 Å². The Morgan fingerprint density at radius 1 is 1.18 bits per heavy atom. The van der Waals surface area contributed by atoms with Gasteiger partial charge in [-0.15, -0.1) is 0 Å². The zero-order chi connectivity index (χ0) is 27.1. The number of piperidine rings is 1. The van der Waals surface area contributed by atoms with Crippen molar-refractivity contribution in [1.29, 1.82) is 0 Å². The number of methoxy groups -OCH3 is 1. The smallest absolute Gasteiger partial charge is 0.407 e. The molecule has 1 spiro atoms. The molecule has 206 valence electrons. The number of hydrogen-bond donors (Lipinski definition) is 1. The van der Waals surface area contributed by atoms with Crippen molar-refractivity contribution in [3.8, 4) is 0 Å². The first-order chi connectivity index (χ1) is 18.2. The third kappa shape index (κ3) is 5.24. The van der Waals surface area contributed by atoms with Crippen LogP contribution in [0.15, 0.2) is 35.9 Å². The summed E-state index contributed by atoms with van der Waals surface area (Å²) in [6.07, 6.45) is 4.65. The van der Waals surface area contributed by atoms with Crippen molar-refractivity contribution in [2.75, 3.05) is 18.6 Å². The third-order valence-electron chi connectivity index (χ3n) is 8.41. The second-order valence-electron chi connectivity index (χ2n) is 11.3. The van der Waals surface area contributed by atoms with Gasteiger partial charge in [-0.1, -0.05) is 23.8 Å². The van der Waals surface area contributed by atoms with Crippen molar-refractivity contribution >= 4 is 23.6 Å². The zero-order valence-electron chi connectivity index (χ0n) is 22.7. The molecular weight excluding hydrogens is 488 g/mol. The van der Waals surface area contributed by atoms with Crippen LogP contribution in [-0.2, 0) is 35.1 Å². The van der Waals surface area contributed by atoms with Gasteiger partial charge in [-0.05, 0) is 64.2 Å². The molecule has 1 aliphatic carbocycles. The van der Waals surface area contributed by atoms with E-state index in [1.165, 1.54) is 10.5 Å². The molecule has 3 saturated heterocycles. The van der Waals surface area contributed by atoms with E-state index in [-0.39, 0.29) is 47.7 Å². The number of carbonyl (C=O) groups excluding carboxylic acids is 3. The molecule has 0 radical (unpaired) electrons. The summed E-state index contributed by atoms with van der Waals surface area (Å²) in [5, 5.41) is 2.82. The summed E-state index contributed by atoms with van der Waals surface area (Å²) >= 11 is 0. The number of carbonyl (C=O) groups is 3. The predicted octanol–water partition coefficient (Wildman–Crippen LogP) is 4.03. The normalized spacial score (nSPS) is 34.2. The maximum atomic E-state index is 12.8. The molecule has 4 aliphatic rings. The molecule has 1 N–H and O–H groups in total. The Balaban J connectivity index is 1.18. The average molecular weight is 527 g/mol. The van der Waals surface area contributed by atoms with Gasteiger partial charge in [0.2, 0.25) is 11.8 Å². The van der Waals surface area contributed by atoms with Crippen molar-refractivity contribution in [2.24, 2.45) is 5.92 Å². The quantitative estimate of drug-likeness (QED) is 0.309. The van der Waals surface area contributed by atoms with E-state index in [9.17, 15) is 14.4 Å². The number of rotatable bonds is 8. The fourth-order valence-electron chi connectivity index (χ4n) is 6.23. The standard InChI is InChI=1S/C29H38N2O7/c1-18(2)8-13-22-28(3,38-22)26-25(35-4)21(14-15-29(26)17-36-29)37-27(34)30-16-19-9-11-20(12-10-19)31-23(32)6-5-7-24(31)33/h8-12,21-22,25-26H,5-7,13-17H2,1-4H3,(H,30,34)/t21-,22-,25-,26-,28+,29+/m1/s1. The Morgan fingerprint density at radius 3 is 2.47 bits per heavy atom. The van der Waals surface area contributed by atoms with Gasteiger partial charge < -0.3 is 24.3 Å². The van der Waals surface area contributed by atoms with Crippen LogP contribution >= 0.6 is 0 Å². The lowest BCUT2D eigenvalue weighted by atomic mass is 9.68. The molecule has 3 aliphatic heterocycles. The molecule has 3 heterocycles. The van der Waals surface area contributed by atoms with Crippen LogP contribution in [0.3, 0.4) is 0 Å². The molecule has 1 aromatic carbocycles. The monoisotopic (exact) mass is 526 g/mol. The van der Waals surface area contributed by atoms with Gasteiger partial charge >= 0.3 is 6.09 Å². The number of anilines is 1. The van der Waals surface area contributed by atoms with Crippen LogP contribution in [0.2, 0.25) is 0 Å². The summed E-state index contributed by atoms with van der Waals surface area (Å²) in [7, 11) is 1.66. The fraction of sp³-hybridized carbons (Fsp3) is 0.621. The molecule has 1 aromatic rings. The number of hydrogen-bond acceptors (Lipinski definition) is 7. The Hall–Kier alpha value is -2.75. The summed E-state index contributed by atoms with van der Waals surface area (Å²) < 4.78 is 24.0. The van der Waals surface area contributed by atoms with E-state index in [0.717, 1.165) is 18.4 Å². The molecule has 38 heavy (non-hydrogen) atoms. The summed E-state index contributed by atoms with van der Waals surface area (Å²) in [6, 6.07) is 7.05. The van der Waals surface area contributed by atoms with Crippen LogP contribution in [-0.4, -0.2) is 61.1 Å². The Morgan fingerprint density at radius 2 is 1.87 bits per heavy atom. The molecular formula is C29H38N2O7. The minimum atomic E-state index is -0.517. The van der Waals surface area contributed by atoms with Gasteiger partial charge in [-0.2, -0.15) is 0 Å². The number of epoxide rings is 2. The van der Waals surface area contributed by atoms with E-state index in [2.05, 4.69) is 32.2 Å². The predicted molar refractivity (Wildman–Crippen MR) is 139 cm³/mol. The van der Waals surface area contributed by atoms with Crippen LogP contribution in [0.25, 0.3) is 0 Å². The van der Waals surface area contributed by atoms with E-state index in [4.69, 9.17) is 18.9 Å². The fourth-order valence-corrected chi connectivity index (χ4v) is 6.23. The minimum Gasteiger partial charge on any atom is -0.443 e. The highest BCUT2D eigenvalue weighted by molar-refractivity contribution is 6.16. The lowest BCUT2D eigenvalue weighted by molar-refractivity contribution is -0.129. The number of alkyl carbamates (subject to hydrolysis) is 1. The Kier molecular flexibility index (Phi) is 7.37. The van der Waals surface area contributed by atoms with E-state index in [0.29, 0.717) is 38.0 Å². The molecule has 9 nitrogen and oxygen atoms in total. The maximum absolute atomic E-state index is 12.8. The number of nitrogens with zero attached hydrogens (tertiary/aromatic N) is 1. The number of ether oxygens (including phenoxy) is 4. The molecule has 1 saturated carbocycles. The van der Waals surface area contributed by atoms with Crippen molar-refractivity contribution in [1.82, 2.24) is 5.32 Å². The number of nitrogens with one attached hydrogen (secondary N) is 1. The summed E-state index contributed by atoms with van der Waals surface area (Å²) in [5.74, 6) is -0.391. The summed E-state index contributed by atoms with van der Waals surface area (Å²) in [4.78, 5) is 38.3. The lowest BCUT2D eigenvalue weighted by Crippen LogP contribution is -2.56. The van der Waals surface area contributed by atoms with Crippen LogP contribution in [0.1, 0.15) is 64.9 Å². The van der Waals surface area contributed by atoms with Gasteiger partial charge in [0.15, 0.2) is 0 Å². The largest absolute Gasteiger partial charge is 0.443 e. The maximum Gasteiger partial charge on any atom is 0.407 e. The van der Waals surface area contributed by atoms with Crippen LogP contribution in [0.4, 0.5) is 10.5 Å². The summed E-state index contributed by atoms with van der Waals surface area (Å²) in [5.41, 5.74) is 1.98.